The van der Waals surface area contributed by atoms with Gasteiger partial charge in [-0.2, -0.15) is 0 Å². The molecule has 174 valence electrons. The maximum absolute atomic E-state index is 13.3. The predicted octanol–water partition coefficient (Wildman–Crippen LogP) is 4.65. The molecule has 0 bridgehead atoms. The highest BCUT2D eigenvalue weighted by Gasteiger charge is 2.47. The Morgan fingerprint density at radius 1 is 0.853 bits per heavy atom. The molecule has 7 nitrogen and oxygen atoms in total. The van der Waals surface area contributed by atoms with E-state index in [9.17, 15) is 14.7 Å². The van der Waals surface area contributed by atoms with Gasteiger partial charge in [0.25, 0.3) is 11.7 Å². The van der Waals surface area contributed by atoms with Crippen LogP contribution in [0.4, 0.5) is 5.69 Å². The normalized spacial score (nSPS) is 17.1. The van der Waals surface area contributed by atoms with Crippen molar-refractivity contribution in [1.82, 2.24) is 0 Å². The smallest absolute Gasteiger partial charge is 0.300 e. The van der Waals surface area contributed by atoms with Crippen LogP contribution in [0.5, 0.6) is 17.2 Å². The van der Waals surface area contributed by atoms with Crippen LogP contribution < -0.4 is 19.1 Å². The third-order valence-electron chi connectivity index (χ3n) is 5.77. The van der Waals surface area contributed by atoms with E-state index < -0.39 is 17.7 Å². The highest BCUT2D eigenvalue weighted by molar-refractivity contribution is 6.51. The van der Waals surface area contributed by atoms with Crippen molar-refractivity contribution in [2.24, 2.45) is 0 Å². The van der Waals surface area contributed by atoms with E-state index in [2.05, 4.69) is 0 Å². The lowest BCUT2D eigenvalue weighted by molar-refractivity contribution is -0.132. The fourth-order valence-electron chi connectivity index (χ4n) is 4.20. The number of carbonyl (C=O) groups is 2. The average molecular weight is 459 g/mol. The van der Waals surface area contributed by atoms with E-state index >= 15 is 0 Å². The third-order valence-corrected chi connectivity index (χ3v) is 5.77. The van der Waals surface area contributed by atoms with Gasteiger partial charge in [-0.1, -0.05) is 42.5 Å². The maximum atomic E-state index is 13.3. The molecule has 4 rings (SSSR count). The van der Waals surface area contributed by atoms with Crippen molar-refractivity contribution in [3.05, 3.63) is 89.0 Å². The van der Waals surface area contributed by atoms with Gasteiger partial charge in [-0.15, -0.1) is 0 Å². The van der Waals surface area contributed by atoms with Gasteiger partial charge in [0.2, 0.25) is 5.75 Å². The second-order valence-corrected chi connectivity index (χ2v) is 7.83. The number of aliphatic hydroxyl groups excluding tert-OH is 1. The molecule has 0 saturated carbocycles. The number of ketones is 1. The second-order valence-electron chi connectivity index (χ2n) is 7.83. The molecule has 0 radical (unpaired) electrons. The molecule has 1 unspecified atom stereocenters. The number of carbonyl (C=O) groups excluding carboxylic acids is 2. The summed E-state index contributed by atoms with van der Waals surface area (Å²) in [5.41, 5.74) is 2.39. The number of aryl methyl sites for hydroxylation is 1. The molecule has 1 heterocycles. The number of aliphatic hydroxyl groups is 1. The van der Waals surface area contributed by atoms with E-state index in [0.717, 1.165) is 5.56 Å². The first-order valence-corrected chi connectivity index (χ1v) is 10.6. The molecule has 7 heteroatoms. The van der Waals surface area contributed by atoms with Crippen LogP contribution in [0.3, 0.4) is 0 Å². The van der Waals surface area contributed by atoms with E-state index in [1.54, 1.807) is 48.5 Å². The van der Waals surface area contributed by atoms with Crippen molar-refractivity contribution in [3.8, 4) is 17.2 Å². The topological polar surface area (TPSA) is 85.3 Å². The zero-order valence-electron chi connectivity index (χ0n) is 19.4. The molecule has 1 amide bonds. The Labute approximate surface area is 197 Å². The molecule has 0 spiro atoms. The minimum Gasteiger partial charge on any atom is -0.507 e. The Morgan fingerprint density at radius 3 is 2.06 bits per heavy atom. The predicted molar refractivity (Wildman–Crippen MR) is 129 cm³/mol. The standard InChI is InChI=1S/C27H25NO6/c1-16-9-8-12-19(13-16)28-23(18-14-20(32-2)26(34-4)21(15-18)33-3)22(25(30)27(28)31)24(29)17-10-6-5-7-11-17/h5-15,23,29H,1-4H3/b24-22+. The van der Waals surface area contributed by atoms with Crippen LogP contribution in [0.2, 0.25) is 0 Å². The number of ether oxygens (including phenoxy) is 3. The first-order valence-electron chi connectivity index (χ1n) is 10.6. The van der Waals surface area contributed by atoms with Crippen LogP contribution >= 0.6 is 0 Å². The number of rotatable bonds is 6. The zero-order chi connectivity index (χ0) is 24.4. The molecule has 1 N–H and O–H groups in total. The van der Waals surface area contributed by atoms with E-state index in [1.165, 1.54) is 26.2 Å². The van der Waals surface area contributed by atoms with Gasteiger partial charge < -0.3 is 19.3 Å². The Bertz CT molecular complexity index is 1260. The second kappa shape index (κ2) is 9.31. The van der Waals surface area contributed by atoms with Crippen molar-refractivity contribution in [1.29, 1.82) is 0 Å². The van der Waals surface area contributed by atoms with Gasteiger partial charge in [0.05, 0.1) is 32.9 Å². The van der Waals surface area contributed by atoms with Crippen molar-refractivity contribution in [2.45, 2.75) is 13.0 Å². The van der Waals surface area contributed by atoms with Crippen molar-refractivity contribution < 1.29 is 28.9 Å². The van der Waals surface area contributed by atoms with E-state index in [0.29, 0.717) is 34.1 Å². The summed E-state index contributed by atoms with van der Waals surface area (Å²) in [6.07, 6.45) is 0. The molecule has 0 aromatic heterocycles. The minimum absolute atomic E-state index is 0.0213. The molecule has 1 atom stereocenters. The van der Waals surface area contributed by atoms with Crippen molar-refractivity contribution >= 4 is 23.1 Å². The number of amides is 1. The summed E-state index contributed by atoms with van der Waals surface area (Å²) in [6.45, 7) is 1.90. The summed E-state index contributed by atoms with van der Waals surface area (Å²) in [4.78, 5) is 28.0. The van der Waals surface area contributed by atoms with Crippen LogP contribution in [0.25, 0.3) is 5.76 Å². The molecular weight excluding hydrogens is 434 g/mol. The third kappa shape index (κ3) is 3.85. The molecule has 3 aromatic rings. The fraction of sp³-hybridized carbons (Fsp3) is 0.185. The van der Waals surface area contributed by atoms with Crippen molar-refractivity contribution in [2.75, 3.05) is 26.2 Å². The number of anilines is 1. The zero-order valence-corrected chi connectivity index (χ0v) is 19.4. The summed E-state index contributed by atoms with van der Waals surface area (Å²) < 4.78 is 16.4. The van der Waals surface area contributed by atoms with Gasteiger partial charge in [0.15, 0.2) is 11.5 Å². The van der Waals surface area contributed by atoms with Gasteiger partial charge >= 0.3 is 0 Å². The van der Waals surface area contributed by atoms with Crippen LogP contribution in [0.15, 0.2) is 72.3 Å². The van der Waals surface area contributed by atoms with E-state index in [-0.39, 0.29) is 11.3 Å². The number of hydrogen-bond donors (Lipinski definition) is 1. The van der Waals surface area contributed by atoms with Crippen molar-refractivity contribution in [3.63, 3.8) is 0 Å². The SMILES string of the molecule is COc1cc(C2/C(=C(\O)c3ccccc3)C(=O)C(=O)N2c2cccc(C)c2)cc(OC)c1OC. The lowest BCUT2D eigenvalue weighted by atomic mass is 9.94. The quantitative estimate of drug-likeness (QED) is 0.328. The van der Waals surface area contributed by atoms with E-state index in [4.69, 9.17) is 14.2 Å². The first kappa shape index (κ1) is 22.9. The summed E-state index contributed by atoms with van der Waals surface area (Å²) in [6, 6.07) is 18.4. The molecule has 3 aromatic carbocycles. The Kier molecular flexibility index (Phi) is 6.27. The summed E-state index contributed by atoms with van der Waals surface area (Å²) in [7, 11) is 4.47. The molecule has 0 aliphatic carbocycles. The summed E-state index contributed by atoms with van der Waals surface area (Å²) in [5, 5.41) is 11.2. The average Bonchev–Trinajstić information content (AvgIpc) is 3.13. The van der Waals surface area contributed by atoms with Gasteiger partial charge in [-0.05, 0) is 42.3 Å². The molecule has 1 aliphatic heterocycles. The Balaban J connectivity index is 2.02. The largest absolute Gasteiger partial charge is 0.507 e. The van der Waals surface area contributed by atoms with Crippen LogP contribution in [0.1, 0.15) is 22.7 Å². The Morgan fingerprint density at radius 2 is 1.50 bits per heavy atom. The van der Waals surface area contributed by atoms with Gasteiger partial charge in [0.1, 0.15) is 5.76 Å². The number of nitrogens with zero attached hydrogens (tertiary/aromatic N) is 1. The summed E-state index contributed by atoms with van der Waals surface area (Å²) in [5.74, 6) is -0.654. The number of Topliss-reactive ketones (excluding diaryl/α,β-unsaturated/α-hetero) is 1. The monoisotopic (exact) mass is 459 g/mol. The molecule has 1 saturated heterocycles. The first-order chi connectivity index (χ1) is 16.4. The lowest BCUT2D eigenvalue weighted by Gasteiger charge is -2.27. The Hall–Kier alpha value is -4.26. The van der Waals surface area contributed by atoms with Gasteiger partial charge in [-0.3, -0.25) is 14.5 Å². The summed E-state index contributed by atoms with van der Waals surface area (Å²) >= 11 is 0. The number of benzene rings is 3. The minimum atomic E-state index is -0.921. The van der Waals surface area contributed by atoms with Gasteiger partial charge in [0, 0.05) is 11.3 Å². The number of methoxy groups -OCH3 is 3. The van der Waals surface area contributed by atoms with Gasteiger partial charge in [-0.25, -0.2) is 0 Å². The van der Waals surface area contributed by atoms with E-state index in [1.807, 2.05) is 25.1 Å². The van der Waals surface area contributed by atoms with Crippen LogP contribution in [-0.4, -0.2) is 38.1 Å². The number of hydrogen-bond acceptors (Lipinski definition) is 6. The van der Waals surface area contributed by atoms with Crippen LogP contribution in [-0.2, 0) is 9.59 Å². The molecule has 1 fully saturated rings. The molecule has 1 aliphatic rings. The maximum Gasteiger partial charge on any atom is 0.300 e. The molecular formula is C27H25NO6. The lowest BCUT2D eigenvalue weighted by Crippen LogP contribution is -2.29. The molecule has 34 heavy (non-hydrogen) atoms. The fourth-order valence-corrected chi connectivity index (χ4v) is 4.20. The highest BCUT2D eigenvalue weighted by atomic mass is 16.5. The van der Waals surface area contributed by atoms with Crippen LogP contribution in [0, 0.1) is 6.92 Å². The highest BCUT2D eigenvalue weighted by Crippen LogP contribution is 2.47.